The first-order valence-corrected chi connectivity index (χ1v) is 5.90. The molecule has 6 N–H and O–H groups in total. The van der Waals surface area contributed by atoms with Crippen molar-refractivity contribution in [2.45, 2.75) is 6.92 Å². The number of carbonyl (C=O) groups excluding carboxylic acids is 1. The topological polar surface area (TPSA) is 141 Å². The molecule has 2 rings (SSSR count). The van der Waals surface area contributed by atoms with Crippen molar-refractivity contribution >= 4 is 23.5 Å². The van der Waals surface area contributed by atoms with Gasteiger partial charge in [0, 0.05) is 12.3 Å². The molecule has 7 nitrogen and oxygen atoms in total. The van der Waals surface area contributed by atoms with Crippen LogP contribution in [0.2, 0.25) is 0 Å². The second-order valence-corrected chi connectivity index (χ2v) is 3.81. The minimum absolute atomic E-state index is 0.199. The van der Waals surface area contributed by atoms with Crippen LogP contribution in [0.1, 0.15) is 12.5 Å². The van der Waals surface area contributed by atoms with Gasteiger partial charge >= 0.3 is 0 Å². The van der Waals surface area contributed by atoms with Crippen LogP contribution in [0, 0.1) is 11.3 Å². The van der Waals surface area contributed by atoms with Crippen LogP contribution in [0.15, 0.2) is 30.5 Å². The number of nitrogens with two attached hydrogens (primary N) is 3. The van der Waals surface area contributed by atoms with Crippen LogP contribution >= 0.6 is 0 Å². The van der Waals surface area contributed by atoms with E-state index < -0.39 is 0 Å². The summed E-state index contributed by atoms with van der Waals surface area (Å²) in [6, 6.07) is 8.30. The first kappa shape index (κ1) is 15.8. The molecule has 0 atom stereocenters. The summed E-state index contributed by atoms with van der Waals surface area (Å²) in [7, 11) is 0. The molecule has 0 spiro atoms. The predicted octanol–water partition coefficient (Wildman–Crippen LogP) is 1.70. The molecule has 0 saturated heterocycles. The molecule has 1 heterocycles. The van der Waals surface area contributed by atoms with Crippen LogP contribution in [0.5, 0.6) is 11.5 Å². The molecular formula is C14H15N5O2. The Morgan fingerprint density at radius 1 is 1.29 bits per heavy atom. The van der Waals surface area contributed by atoms with E-state index >= 15 is 0 Å². The Hall–Kier alpha value is -3.27. The zero-order valence-electron chi connectivity index (χ0n) is 11.4. The Labute approximate surface area is 121 Å². The van der Waals surface area contributed by atoms with Gasteiger partial charge in [0.1, 0.15) is 35.2 Å². The zero-order chi connectivity index (χ0) is 15.8. The molecule has 1 aromatic heterocycles. The van der Waals surface area contributed by atoms with Crippen molar-refractivity contribution < 1.29 is 9.53 Å². The van der Waals surface area contributed by atoms with Gasteiger partial charge in [-0.05, 0) is 25.1 Å². The average molecular weight is 285 g/mol. The van der Waals surface area contributed by atoms with Gasteiger partial charge in [-0.1, -0.05) is 0 Å². The van der Waals surface area contributed by atoms with Gasteiger partial charge < -0.3 is 26.7 Å². The monoisotopic (exact) mass is 285 g/mol. The van der Waals surface area contributed by atoms with E-state index in [0.29, 0.717) is 23.0 Å². The summed E-state index contributed by atoms with van der Waals surface area (Å²) in [6.07, 6.45) is 2.26. The van der Waals surface area contributed by atoms with Crippen LogP contribution in [-0.4, -0.2) is 11.3 Å². The predicted molar refractivity (Wildman–Crippen MR) is 80.4 cm³/mol. The Balaban J connectivity index is 0.000000677. The molecule has 7 heteroatoms. The molecule has 0 saturated carbocycles. The van der Waals surface area contributed by atoms with Gasteiger partial charge in [-0.25, -0.2) is 4.98 Å². The number of aldehydes is 1. The highest BCUT2D eigenvalue weighted by atomic mass is 16.5. The van der Waals surface area contributed by atoms with Crippen LogP contribution in [0.25, 0.3) is 0 Å². The van der Waals surface area contributed by atoms with E-state index in [2.05, 4.69) is 4.98 Å². The van der Waals surface area contributed by atoms with Crippen LogP contribution in [-0.2, 0) is 4.79 Å². The summed E-state index contributed by atoms with van der Waals surface area (Å²) in [5.41, 5.74) is 17.6. The maximum atomic E-state index is 9.05. The highest BCUT2D eigenvalue weighted by Crippen LogP contribution is 2.32. The number of ether oxygens (including phenoxy) is 1. The Morgan fingerprint density at radius 2 is 1.95 bits per heavy atom. The van der Waals surface area contributed by atoms with Crippen LogP contribution in [0.4, 0.5) is 17.2 Å². The van der Waals surface area contributed by atoms with Gasteiger partial charge in [0.2, 0.25) is 0 Å². The van der Waals surface area contributed by atoms with E-state index in [1.807, 2.05) is 6.07 Å². The second kappa shape index (κ2) is 7.35. The number of nitrogens with zero attached hydrogens (tertiary/aromatic N) is 2. The maximum Gasteiger partial charge on any atom is 0.147 e. The van der Waals surface area contributed by atoms with Gasteiger partial charge in [-0.2, -0.15) is 5.26 Å². The maximum absolute atomic E-state index is 9.05. The number of nitrogen functional groups attached to an aromatic ring is 3. The molecule has 0 aliphatic heterocycles. The number of hydrogen-bond acceptors (Lipinski definition) is 7. The average Bonchev–Trinajstić information content (AvgIpc) is 2.44. The summed E-state index contributed by atoms with van der Waals surface area (Å²) in [6.45, 7) is 1.44. The second-order valence-electron chi connectivity index (χ2n) is 3.81. The zero-order valence-corrected chi connectivity index (χ0v) is 11.4. The molecule has 21 heavy (non-hydrogen) atoms. The number of pyridine rings is 1. The lowest BCUT2D eigenvalue weighted by atomic mass is 10.1. The fourth-order valence-corrected chi connectivity index (χ4v) is 1.43. The summed E-state index contributed by atoms with van der Waals surface area (Å²) in [5, 5.41) is 9.05. The van der Waals surface area contributed by atoms with E-state index in [1.165, 1.54) is 13.1 Å². The number of aromatic nitrogens is 1. The van der Waals surface area contributed by atoms with Crippen molar-refractivity contribution in [3.8, 4) is 17.6 Å². The minimum Gasteiger partial charge on any atom is -0.456 e. The molecule has 0 amide bonds. The third kappa shape index (κ3) is 4.11. The fraction of sp³-hybridized carbons (Fsp3) is 0.0714. The van der Waals surface area contributed by atoms with Gasteiger partial charge in [0.25, 0.3) is 0 Å². The lowest BCUT2D eigenvalue weighted by Crippen LogP contribution is -2.00. The van der Waals surface area contributed by atoms with Gasteiger partial charge in [0.15, 0.2) is 0 Å². The Morgan fingerprint density at radius 3 is 2.52 bits per heavy atom. The molecule has 0 unspecified atom stereocenters. The van der Waals surface area contributed by atoms with Gasteiger partial charge in [-0.3, -0.25) is 0 Å². The summed E-state index contributed by atoms with van der Waals surface area (Å²) in [4.78, 5) is 12.6. The Kier molecular flexibility index (Phi) is 5.53. The SMILES string of the molecule is CC=O.N#Cc1c(Oc2ccnc(N)c2)ccc(N)c1N. The standard InChI is InChI=1S/C12H11N5O.C2H4O/c13-6-8-10(2-1-9(14)12(8)16)18-7-3-4-17-11(15)5-7;1-2-3/h1-5H,14,16H2,(H2,15,17);2H,1H3. The quantitative estimate of drug-likeness (QED) is 0.563. The van der Waals surface area contributed by atoms with E-state index in [1.54, 1.807) is 24.3 Å². The van der Waals surface area contributed by atoms with Crippen molar-refractivity contribution in [2.75, 3.05) is 17.2 Å². The number of carbonyl (C=O) groups is 1. The van der Waals surface area contributed by atoms with Crippen LogP contribution < -0.4 is 21.9 Å². The smallest absolute Gasteiger partial charge is 0.147 e. The normalized spacial score (nSPS) is 8.95. The first-order chi connectivity index (χ1) is 10.0. The van der Waals surface area contributed by atoms with Crippen molar-refractivity contribution in [1.29, 1.82) is 5.26 Å². The van der Waals surface area contributed by atoms with Crippen molar-refractivity contribution in [3.63, 3.8) is 0 Å². The fourth-order valence-electron chi connectivity index (χ4n) is 1.43. The molecule has 1 aromatic carbocycles. The van der Waals surface area contributed by atoms with Crippen LogP contribution in [0.3, 0.4) is 0 Å². The van der Waals surface area contributed by atoms with E-state index in [4.69, 9.17) is 32.0 Å². The van der Waals surface area contributed by atoms with Gasteiger partial charge in [-0.15, -0.1) is 0 Å². The summed E-state index contributed by atoms with van der Waals surface area (Å²) in [5.74, 6) is 1.13. The van der Waals surface area contributed by atoms with E-state index in [-0.39, 0.29) is 11.3 Å². The number of rotatable bonds is 2. The molecule has 0 aliphatic rings. The number of anilines is 3. The van der Waals surface area contributed by atoms with Crippen molar-refractivity contribution in [1.82, 2.24) is 4.98 Å². The molecule has 0 fully saturated rings. The van der Waals surface area contributed by atoms with Crippen molar-refractivity contribution in [3.05, 3.63) is 36.0 Å². The number of nitriles is 1. The molecule has 0 aliphatic carbocycles. The molecule has 2 aromatic rings. The lowest BCUT2D eigenvalue weighted by molar-refractivity contribution is -0.106. The largest absolute Gasteiger partial charge is 0.456 e. The molecular weight excluding hydrogens is 270 g/mol. The number of benzene rings is 1. The highest BCUT2D eigenvalue weighted by Gasteiger charge is 2.11. The third-order valence-electron chi connectivity index (χ3n) is 2.33. The minimum atomic E-state index is 0.199. The number of hydrogen-bond donors (Lipinski definition) is 3. The van der Waals surface area contributed by atoms with E-state index in [0.717, 1.165) is 6.29 Å². The lowest BCUT2D eigenvalue weighted by Gasteiger charge is -2.10. The van der Waals surface area contributed by atoms with E-state index in [9.17, 15) is 0 Å². The first-order valence-electron chi connectivity index (χ1n) is 5.90. The van der Waals surface area contributed by atoms with Gasteiger partial charge in [0.05, 0.1) is 11.4 Å². The van der Waals surface area contributed by atoms with Crippen molar-refractivity contribution in [2.24, 2.45) is 0 Å². The summed E-state index contributed by atoms with van der Waals surface area (Å²) < 4.78 is 5.54. The third-order valence-corrected chi connectivity index (χ3v) is 2.33. The molecule has 108 valence electrons. The molecule has 0 bridgehead atoms. The molecule has 0 radical (unpaired) electrons. The summed E-state index contributed by atoms with van der Waals surface area (Å²) >= 11 is 0. The Bertz CT molecular complexity index is 680. The highest BCUT2D eigenvalue weighted by molar-refractivity contribution is 5.74.